The van der Waals surface area contributed by atoms with E-state index >= 15 is 0 Å². The normalized spacial score (nSPS) is 11.4. The molecule has 0 bridgehead atoms. The van der Waals surface area contributed by atoms with Gasteiger partial charge in [-0.15, -0.1) is 0 Å². The predicted octanol–water partition coefficient (Wildman–Crippen LogP) is 4.43. The van der Waals surface area contributed by atoms with Crippen molar-refractivity contribution >= 4 is 23.2 Å². The summed E-state index contributed by atoms with van der Waals surface area (Å²) in [5.41, 5.74) is 2.54. The second-order valence-corrected chi connectivity index (χ2v) is 7.69. The number of nitrogens with one attached hydrogen (secondary N) is 1. The van der Waals surface area contributed by atoms with Crippen molar-refractivity contribution in [2.24, 2.45) is 0 Å². The van der Waals surface area contributed by atoms with Crippen LogP contribution in [0.5, 0.6) is 0 Å². The highest BCUT2D eigenvalue weighted by atomic mass is 35.5. The van der Waals surface area contributed by atoms with Gasteiger partial charge in [-0.25, -0.2) is 14.6 Å². The molecule has 0 aliphatic rings. The number of benzene rings is 1. The van der Waals surface area contributed by atoms with Crippen LogP contribution < -0.4 is 5.32 Å². The second-order valence-electron chi connectivity index (χ2n) is 7.25. The van der Waals surface area contributed by atoms with Crippen molar-refractivity contribution in [3.8, 4) is 5.69 Å². The van der Waals surface area contributed by atoms with E-state index < -0.39 is 0 Å². The minimum atomic E-state index is -0.243. The third-order valence-electron chi connectivity index (χ3n) is 4.08. The van der Waals surface area contributed by atoms with Gasteiger partial charge in [0.2, 0.25) is 0 Å². The number of halogens is 1. The van der Waals surface area contributed by atoms with Crippen molar-refractivity contribution in [2.45, 2.75) is 39.5 Å². The SMILES string of the molecule is CCc1c(C(=O)Nc2cnc(C(C)(C)C)nc2)cnn1-c1cccc(Cl)c1. The molecule has 2 heterocycles. The Balaban J connectivity index is 1.85. The fraction of sp³-hybridized carbons (Fsp3) is 0.300. The summed E-state index contributed by atoms with van der Waals surface area (Å²) in [4.78, 5) is 21.4. The number of aromatic nitrogens is 4. The number of amides is 1. The van der Waals surface area contributed by atoms with Gasteiger partial charge in [-0.3, -0.25) is 4.79 Å². The van der Waals surface area contributed by atoms with Gasteiger partial charge < -0.3 is 5.32 Å². The average Bonchev–Trinajstić information content (AvgIpc) is 3.05. The Kier molecular flexibility index (Phi) is 5.28. The highest BCUT2D eigenvalue weighted by molar-refractivity contribution is 6.30. The molecule has 0 atom stereocenters. The third kappa shape index (κ3) is 4.17. The number of rotatable bonds is 4. The third-order valence-corrected chi connectivity index (χ3v) is 4.32. The van der Waals surface area contributed by atoms with Crippen molar-refractivity contribution in [1.82, 2.24) is 19.7 Å². The monoisotopic (exact) mass is 383 g/mol. The Bertz CT molecular complexity index is 957. The van der Waals surface area contributed by atoms with Crippen molar-refractivity contribution in [3.05, 3.63) is 65.0 Å². The lowest BCUT2D eigenvalue weighted by Gasteiger charge is -2.16. The van der Waals surface area contributed by atoms with Crippen molar-refractivity contribution in [3.63, 3.8) is 0 Å². The zero-order valence-electron chi connectivity index (χ0n) is 15.8. The van der Waals surface area contributed by atoms with Crippen molar-refractivity contribution in [2.75, 3.05) is 5.32 Å². The van der Waals surface area contributed by atoms with Gasteiger partial charge in [-0.1, -0.05) is 45.4 Å². The van der Waals surface area contributed by atoms with Gasteiger partial charge in [0.15, 0.2) is 0 Å². The minimum absolute atomic E-state index is 0.143. The van der Waals surface area contributed by atoms with Crippen LogP contribution in [0.4, 0.5) is 5.69 Å². The number of hydrogen-bond acceptors (Lipinski definition) is 4. The number of carbonyl (C=O) groups is 1. The molecule has 0 aliphatic carbocycles. The van der Waals surface area contributed by atoms with Crippen LogP contribution in [-0.4, -0.2) is 25.7 Å². The van der Waals surface area contributed by atoms with E-state index in [0.717, 1.165) is 17.2 Å². The van der Waals surface area contributed by atoms with E-state index in [4.69, 9.17) is 11.6 Å². The smallest absolute Gasteiger partial charge is 0.259 e. The first kappa shape index (κ1) is 19.0. The highest BCUT2D eigenvalue weighted by Gasteiger charge is 2.19. The molecule has 27 heavy (non-hydrogen) atoms. The Morgan fingerprint density at radius 3 is 2.48 bits per heavy atom. The summed E-state index contributed by atoms with van der Waals surface area (Å²) in [5.74, 6) is 0.482. The molecule has 0 radical (unpaired) electrons. The molecule has 140 valence electrons. The maximum Gasteiger partial charge on any atom is 0.259 e. The van der Waals surface area contributed by atoms with Gasteiger partial charge in [0.25, 0.3) is 5.91 Å². The van der Waals surface area contributed by atoms with Crippen LogP contribution in [0.15, 0.2) is 42.9 Å². The van der Waals surface area contributed by atoms with Gasteiger partial charge in [-0.2, -0.15) is 5.10 Å². The summed E-state index contributed by atoms with van der Waals surface area (Å²) in [6.07, 6.45) is 5.46. The molecule has 1 amide bonds. The van der Waals surface area contributed by atoms with E-state index in [2.05, 4.69) is 20.4 Å². The first-order valence-electron chi connectivity index (χ1n) is 8.76. The zero-order chi connectivity index (χ0) is 19.6. The topological polar surface area (TPSA) is 72.7 Å². The molecule has 0 saturated heterocycles. The molecule has 7 heteroatoms. The summed E-state index contributed by atoms with van der Waals surface area (Å²) < 4.78 is 1.74. The fourth-order valence-electron chi connectivity index (χ4n) is 2.71. The predicted molar refractivity (Wildman–Crippen MR) is 107 cm³/mol. The van der Waals surface area contributed by atoms with E-state index in [1.807, 2.05) is 45.9 Å². The van der Waals surface area contributed by atoms with Gasteiger partial charge >= 0.3 is 0 Å². The Hall–Kier alpha value is -2.73. The van der Waals surface area contributed by atoms with Gasteiger partial charge in [0, 0.05) is 10.4 Å². The molecule has 0 aliphatic heterocycles. The lowest BCUT2D eigenvalue weighted by atomic mass is 9.96. The molecule has 0 fully saturated rings. The van der Waals surface area contributed by atoms with E-state index in [-0.39, 0.29) is 11.3 Å². The number of hydrogen-bond donors (Lipinski definition) is 1. The number of nitrogens with zero attached hydrogens (tertiary/aromatic N) is 4. The van der Waals surface area contributed by atoms with Crippen molar-refractivity contribution < 1.29 is 4.79 Å². The summed E-state index contributed by atoms with van der Waals surface area (Å²) in [5, 5.41) is 7.84. The maximum atomic E-state index is 12.7. The molecule has 1 N–H and O–H groups in total. The summed E-state index contributed by atoms with van der Waals surface area (Å²) >= 11 is 6.08. The molecule has 0 spiro atoms. The van der Waals surface area contributed by atoms with E-state index in [1.165, 1.54) is 0 Å². The zero-order valence-corrected chi connectivity index (χ0v) is 16.6. The Morgan fingerprint density at radius 1 is 1.19 bits per heavy atom. The molecule has 0 unspecified atom stereocenters. The molecule has 0 saturated carbocycles. The largest absolute Gasteiger partial charge is 0.319 e. The molecular formula is C20H22ClN5O. The van der Waals surface area contributed by atoms with Gasteiger partial charge in [-0.05, 0) is 24.6 Å². The summed E-state index contributed by atoms with van der Waals surface area (Å²) in [6.45, 7) is 8.10. The average molecular weight is 384 g/mol. The van der Waals surface area contributed by atoms with E-state index in [9.17, 15) is 4.79 Å². The summed E-state index contributed by atoms with van der Waals surface area (Å²) in [7, 11) is 0. The van der Waals surface area contributed by atoms with E-state index in [1.54, 1.807) is 29.3 Å². The summed E-state index contributed by atoms with van der Waals surface area (Å²) in [6, 6.07) is 7.37. The van der Waals surface area contributed by atoms with Crippen LogP contribution in [0.25, 0.3) is 5.69 Å². The molecule has 1 aromatic carbocycles. The van der Waals surface area contributed by atoms with Crippen molar-refractivity contribution in [1.29, 1.82) is 0 Å². The highest BCUT2D eigenvalue weighted by Crippen LogP contribution is 2.21. The van der Waals surface area contributed by atoms with E-state index in [0.29, 0.717) is 22.7 Å². The molecule has 6 nitrogen and oxygen atoms in total. The maximum absolute atomic E-state index is 12.7. The van der Waals surface area contributed by atoms with Crippen LogP contribution in [0.3, 0.4) is 0 Å². The van der Waals surface area contributed by atoms with Crippen LogP contribution in [-0.2, 0) is 11.8 Å². The van der Waals surface area contributed by atoms with Crippen LogP contribution in [0.2, 0.25) is 5.02 Å². The van der Waals surface area contributed by atoms with Crippen LogP contribution in [0, 0.1) is 0 Å². The first-order valence-corrected chi connectivity index (χ1v) is 9.14. The lowest BCUT2D eigenvalue weighted by Crippen LogP contribution is -2.18. The number of carbonyl (C=O) groups excluding carboxylic acids is 1. The second kappa shape index (κ2) is 7.48. The standard InChI is InChI=1S/C20H22ClN5O/c1-5-17-16(12-24-26(17)15-8-6-7-13(21)9-15)18(27)25-14-10-22-19(23-11-14)20(2,3)4/h6-12H,5H2,1-4H3,(H,25,27). The Morgan fingerprint density at radius 2 is 1.89 bits per heavy atom. The molecular weight excluding hydrogens is 362 g/mol. The van der Waals surface area contributed by atoms with Gasteiger partial charge in [0.05, 0.1) is 41.2 Å². The minimum Gasteiger partial charge on any atom is -0.319 e. The fourth-order valence-corrected chi connectivity index (χ4v) is 2.90. The van der Waals surface area contributed by atoms with Crippen LogP contribution in [0.1, 0.15) is 49.6 Å². The Labute approximate surface area is 163 Å². The van der Waals surface area contributed by atoms with Crippen LogP contribution >= 0.6 is 11.6 Å². The first-order chi connectivity index (χ1) is 12.8. The molecule has 2 aromatic heterocycles. The lowest BCUT2D eigenvalue weighted by molar-refractivity contribution is 0.102. The number of anilines is 1. The quantitative estimate of drug-likeness (QED) is 0.723. The molecule has 3 aromatic rings. The molecule has 3 rings (SSSR count). The van der Waals surface area contributed by atoms with Gasteiger partial charge in [0.1, 0.15) is 5.82 Å².